The number of carboxylic acid groups (broad SMARTS) is 1. The molecule has 5 heteroatoms. The molecule has 126 valence electrons. The Morgan fingerprint density at radius 2 is 1.71 bits per heavy atom. The maximum atomic E-state index is 12.7. The zero-order chi connectivity index (χ0) is 17.5. The van der Waals surface area contributed by atoms with Crippen LogP contribution in [0.1, 0.15) is 22.8 Å². The van der Waals surface area contributed by atoms with Crippen LogP contribution >= 0.6 is 11.8 Å². The molecule has 0 bridgehead atoms. The van der Waals surface area contributed by atoms with E-state index in [-0.39, 0.29) is 5.91 Å². The molecule has 1 amide bonds. The van der Waals surface area contributed by atoms with Gasteiger partial charge in [0.1, 0.15) is 5.25 Å². The van der Waals surface area contributed by atoms with Crippen molar-refractivity contribution in [3.05, 3.63) is 65.7 Å². The summed E-state index contributed by atoms with van der Waals surface area (Å²) >= 11 is 1.19. The van der Waals surface area contributed by atoms with Crippen LogP contribution in [0.3, 0.4) is 0 Å². The molecule has 0 saturated carbocycles. The van der Waals surface area contributed by atoms with E-state index in [1.165, 1.54) is 17.3 Å². The van der Waals surface area contributed by atoms with Crippen LogP contribution in [-0.2, 0) is 11.2 Å². The number of nitrogens with zero attached hydrogens (tertiary/aromatic N) is 1. The van der Waals surface area contributed by atoms with Crippen molar-refractivity contribution >= 4 is 23.6 Å². The molecule has 24 heavy (non-hydrogen) atoms. The number of aliphatic carboxylic acids is 1. The predicted molar refractivity (Wildman–Crippen MR) is 96.5 cm³/mol. The highest BCUT2D eigenvalue weighted by Crippen LogP contribution is 2.27. The summed E-state index contributed by atoms with van der Waals surface area (Å²) < 4.78 is 0. The van der Waals surface area contributed by atoms with Crippen LogP contribution in [0.2, 0.25) is 0 Å². The van der Waals surface area contributed by atoms with Gasteiger partial charge >= 0.3 is 5.97 Å². The van der Waals surface area contributed by atoms with Crippen molar-refractivity contribution in [2.24, 2.45) is 0 Å². The lowest BCUT2D eigenvalue weighted by Gasteiger charge is -2.19. The summed E-state index contributed by atoms with van der Waals surface area (Å²) in [4.78, 5) is 26.1. The molecule has 0 aliphatic rings. The van der Waals surface area contributed by atoms with Gasteiger partial charge in [0.05, 0.1) is 5.56 Å². The molecule has 0 fully saturated rings. The quantitative estimate of drug-likeness (QED) is 0.781. The third-order valence-corrected chi connectivity index (χ3v) is 4.86. The molecule has 0 aromatic heterocycles. The minimum atomic E-state index is -0.889. The van der Waals surface area contributed by atoms with Crippen LogP contribution in [0, 0.1) is 0 Å². The lowest BCUT2D eigenvalue weighted by atomic mass is 10.1. The van der Waals surface area contributed by atoms with E-state index in [0.29, 0.717) is 17.0 Å². The molecule has 0 aliphatic carbocycles. The zero-order valence-corrected chi connectivity index (χ0v) is 14.6. The number of carbonyl (C=O) groups is 2. The summed E-state index contributed by atoms with van der Waals surface area (Å²) in [7, 11) is 1.77. The van der Waals surface area contributed by atoms with E-state index < -0.39 is 11.2 Å². The Morgan fingerprint density at radius 1 is 1.08 bits per heavy atom. The van der Waals surface area contributed by atoms with Gasteiger partial charge < -0.3 is 10.0 Å². The van der Waals surface area contributed by atoms with Crippen LogP contribution in [0.25, 0.3) is 0 Å². The molecule has 1 unspecified atom stereocenters. The molecule has 0 spiro atoms. The minimum Gasteiger partial charge on any atom is -0.480 e. The fourth-order valence-corrected chi connectivity index (χ4v) is 3.16. The van der Waals surface area contributed by atoms with E-state index in [0.717, 1.165) is 6.42 Å². The molecule has 1 atom stereocenters. The van der Waals surface area contributed by atoms with Gasteiger partial charge in [-0.15, -0.1) is 11.8 Å². The monoisotopic (exact) mass is 343 g/mol. The number of benzene rings is 2. The van der Waals surface area contributed by atoms with Gasteiger partial charge in [0.15, 0.2) is 0 Å². The predicted octanol–water partition coefficient (Wildman–Crippen LogP) is 3.57. The average molecular weight is 343 g/mol. The zero-order valence-electron chi connectivity index (χ0n) is 13.8. The maximum absolute atomic E-state index is 12.7. The Labute approximate surface area is 146 Å². The Kier molecular flexibility index (Phi) is 6.44. The summed E-state index contributed by atoms with van der Waals surface area (Å²) in [5.74, 6) is -0.980. The van der Waals surface area contributed by atoms with Gasteiger partial charge in [0.25, 0.3) is 5.91 Å². The van der Waals surface area contributed by atoms with E-state index >= 15 is 0 Å². The second-order valence-electron chi connectivity index (χ2n) is 5.56. The van der Waals surface area contributed by atoms with Gasteiger partial charge in [-0.1, -0.05) is 42.5 Å². The van der Waals surface area contributed by atoms with Crippen molar-refractivity contribution in [1.29, 1.82) is 0 Å². The molecular weight excluding hydrogens is 322 g/mol. The third kappa shape index (κ3) is 4.86. The van der Waals surface area contributed by atoms with Crippen molar-refractivity contribution < 1.29 is 14.7 Å². The summed E-state index contributed by atoms with van der Waals surface area (Å²) in [6, 6.07) is 17.2. The standard InChI is InChI=1S/C19H21NO3S/c1-14(19(22)23)24-17-11-7-6-10-16(17)18(21)20(2)13-12-15-8-4-3-5-9-15/h3-11,14H,12-13H2,1-2H3,(H,22,23). The van der Waals surface area contributed by atoms with Crippen LogP contribution in [-0.4, -0.2) is 40.7 Å². The molecule has 0 radical (unpaired) electrons. The molecule has 0 heterocycles. The number of likely N-dealkylation sites (N-methyl/N-ethyl adjacent to an activating group) is 1. The molecule has 0 saturated heterocycles. The van der Waals surface area contributed by atoms with Crippen LogP contribution in [0.5, 0.6) is 0 Å². The third-order valence-electron chi connectivity index (χ3n) is 3.69. The van der Waals surface area contributed by atoms with Gasteiger partial charge in [-0.3, -0.25) is 9.59 Å². The van der Waals surface area contributed by atoms with Gasteiger partial charge in [-0.05, 0) is 31.0 Å². The highest BCUT2D eigenvalue weighted by atomic mass is 32.2. The number of hydrogen-bond acceptors (Lipinski definition) is 3. The first-order valence-electron chi connectivity index (χ1n) is 7.77. The average Bonchev–Trinajstić information content (AvgIpc) is 2.60. The first kappa shape index (κ1) is 18.1. The SMILES string of the molecule is CC(Sc1ccccc1C(=O)N(C)CCc1ccccc1)C(=O)O. The van der Waals surface area contributed by atoms with Gasteiger partial charge in [-0.2, -0.15) is 0 Å². The van der Waals surface area contributed by atoms with Gasteiger partial charge in [0, 0.05) is 18.5 Å². The second-order valence-corrected chi connectivity index (χ2v) is 6.94. The van der Waals surface area contributed by atoms with Gasteiger partial charge in [-0.25, -0.2) is 0 Å². The van der Waals surface area contributed by atoms with Crippen molar-refractivity contribution in [3.63, 3.8) is 0 Å². The second kappa shape index (κ2) is 8.55. The number of thioether (sulfide) groups is 1. The lowest BCUT2D eigenvalue weighted by Crippen LogP contribution is -2.29. The smallest absolute Gasteiger partial charge is 0.316 e. The minimum absolute atomic E-state index is 0.0911. The van der Waals surface area contributed by atoms with Gasteiger partial charge in [0.2, 0.25) is 0 Å². The fourth-order valence-electron chi connectivity index (χ4n) is 2.24. The van der Waals surface area contributed by atoms with E-state index in [1.54, 1.807) is 37.1 Å². The summed E-state index contributed by atoms with van der Waals surface area (Å²) in [5, 5.41) is 8.47. The van der Waals surface area contributed by atoms with Crippen molar-refractivity contribution in [1.82, 2.24) is 4.90 Å². The van der Waals surface area contributed by atoms with E-state index in [4.69, 9.17) is 5.11 Å². The Bertz CT molecular complexity index is 703. The number of carbonyl (C=O) groups excluding carboxylic acids is 1. The maximum Gasteiger partial charge on any atom is 0.316 e. The summed E-state index contributed by atoms with van der Waals surface area (Å²) in [5.41, 5.74) is 1.73. The summed E-state index contributed by atoms with van der Waals surface area (Å²) in [6.45, 7) is 2.23. The molecule has 2 aromatic rings. The lowest BCUT2D eigenvalue weighted by molar-refractivity contribution is -0.136. The number of carboxylic acids is 1. The highest BCUT2D eigenvalue weighted by Gasteiger charge is 2.19. The van der Waals surface area contributed by atoms with E-state index in [9.17, 15) is 9.59 Å². The Hall–Kier alpha value is -2.27. The van der Waals surface area contributed by atoms with Crippen molar-refractivity contribution in [2.45, 2.75) is 23.5 Å². The molecular formula is C19H21NO3S. The van der Waals surface area contributed by atoms with Crippen LogP contribution in [0.15, 0.2) is 59.5 Å². The molecule has 2 aromatic carbocycles. The normalized spacial score (nSPS) is 11.8. The largest absolute Gasteiger partial charge is 0.480 e. The molecule has 1 N–H and O–H groups in total. The number of amides is 1. The first-order chi connectivity index (χ1) is 11.5. The molecule has 4 nitrogen and oxygen atoms in total. The molecule has 2 rings (SSSR count). The topological polar surface area (TPSA) is 57.6 Å². The number of hydrogen-bond donors (Lipinski definition) is 1. The van der Waals surface area contributed by atoms with E-state index in [1.807, 2.05) is 36.4 Å². The van der Waals surface area contributed by atoms with Crippen LogP contribution < -0.4 is 0 Å². The fraction of sp³-hybridized carbons (Fsp3) is 0.263. The molecule has 0 aliphatic heterocycles. The van der Waals surface area contributed by atoms with E-state index in [2.05, 4.69) is 0 Å². The van der Waals surface area contributed by atoms with Crippen molar-refractivity contribution in [2.75, 3.05) is 13.6 Å². The first-order valence-corrected chi connectivity index (χ1v) is 8.65. The highest BCUT2D eigenvalue weighted by molar-refractivity contribution is 8.00. The Morgan fingerprint density at radius 3 is 2.38 bits per heavy atom. The number of rotatable bonds is 7. The van der Waals surface area contributed by atoms with Crippen molar-refractivity contribution in [3.8, 4) is 0 Å². The summed E-state index contributed by atoms with van der Waals surface area (Å²) in [6.07, 6.45) is 0.782. The Balaban J connectivity index is 2.07. The van der Waals surface area contributed by atoms with Crippen LogP contribution in [0.4, 0.5) is 0 Å².